The van der Waals surface area contributed by atoms with Gasteiger partial charge in [-0.2, -0.15) is 0 Å². The van der Waals surface area contributed by atoms with Crippen LogP contribution < -0.4 is 4.74 Å². The average Bonchev–Trinajstić information content (AvgIpc) is 2.44. The van der Waals surface area contributed by atoms with Crippen LogP contribution in [0.4, 0.5) is 4.39 Å². The third-order valence-corrected chi connectivity index (χ3v) is 2.54. The van der Waals surface area contributed by atoms with E-state index in [1.54, 1.807) is 0 Å². The minimum atomic E-state index is -1.21. The van der Waals surface area contributed by atoms with E-state index in [0.717, 1.165) is 17.7 Å². The summed E-state index contributed by atoms with van der Waals surface area (Å²) >= 11 is 0. The summed E-state index contributed by atoms with van der Waals surface area (Å²) < 4.78 is 23.6. The lowest BCUT2D eigenvalue weighted by Crippen LogP contribution is -2.05. The van der Waals surface area contributed by atoms with Crippen molar-refractivity contribution >= 4 is 5.97 Å². The Kier molecular flexibility index (Phi) is 4.68. The number of carboxylic acid groups (broad SMARTS) is 1. The Hall–Kier alpha value is -2.40. The van der Waals surface area contributed by atoms with Gasteiger partial charge in [-0.1, -0.05) is 30.3 Å². The van der Waals surface area contributed by atoms with E-state index in [4.69, 9.17) is 14.6 Å². The monoisotopic (exact) mass is 276 g/mol. The van der Waals surface area contributed by atoms with Crippen LogP contribution in [0.5, 0.6) is 5.75 Å². The van der Waals surface area contributed by atoms with Crippen LogP contribution in [0.3, 0.4) is 0 Å². The Morgan fingerprint density at radius 2 is 1.90 bits per heavy atom. The van der Waals surface area contributed by atoms with Crippen molar-refractivity contribution in [3.63, 3.8) is 0 Å². The number of carboxylic acids is 1. The predicted octanol–water partition coefficient (Wildman–Crippen LogP) is 3.08. The molecular formula is C15H13FO4. The van der Waals surface area contributed by atoms with E-state index in [2.05, 4.69) is 0 Å². The molecule has 0 atom stereocenters. The Bertz CT molecular complexity index is 584. The van der Waals surface area contributed by atoms with Crippen LogP contribution in [-0.2, 0) is 11.3 Å². The third-order valence-electron chi connectivity index (χ3n) is 2.54. The van der Waals surface area contributed by atoms with E-state index < -0.39 is 11.8 Å². The van der Waals surface area contributed by atoms with Gasteiger partial charge in [0, 0.05) is 6.07 Å². The zero-order valence-corrected chi connectivity index (χ0v) is 10.6. The van der Waals surface area contributed by atoms with Crippen LogP contribution in [0.15, 0.2) is 48.5 Å². The molecule has 4 nitrogen and oxygen atoms in total. The van der Waals surface area contributed by atoms with Gasteiger partial charge in [0.2, 0.25) is 0 Å². The van der Waals surface area contributed by atoms with Crippen molar-refractivity contribution < 1.29 is 23.8 Å². The van der Waals surface area contributed by atoms with Crippen molar-refractivity contribution in [2.75, 3.05) is 6.79 Å². The number of halogens is 1. The van der Waals surface area contributed by atoms with Gasteiger partial charge in [-0.05, 0) is 17.7 Å². The minimum Gasteiger partial charge on any atom is -0.478 e. The van der Waals surface area contributed by atoms with Crippen molar-refractivity contribution in [2.24, 2.45) is 0 Å². The maximum Gasteiger partial charge on any atom is 0.335 e. The molecule has 20 heavy (non-hydrogen) atoms. The minimum absolute atomic E-state index is 0.0859. The van der Waals surface area contributed by atoms with Crippen LogP contribution in [0.25, 0.3) is 0 Å². The zero-order valence-electron chi connectivity index (χ0n) is 10.6. The van der Waals surface area contributed by atoms with Gasteiger partial charge in [0.15, 0.2) is 6.79 Å². The van der Waals surface area contributed by atoms with Gasteiger partial charge in [-0.25, -0.2) is 9.18 Å². The maximum atomic E-state index is 13.2. The molecule has 0 unspecified atom stereocenters. The van der Waals surface area contributed by atoms with E-state index in [1.165, 1.54) is 6.07 Å². The number of hydrogen-bond acceptors (Lipinski definition) is 3. The predicted molar refractivity (Wildman–Crippen MR) is 70.1 cm³/mol. The van der Waals surface area contributed by atoms with Gasteiger partial charge in [-0.3, -0.25) is 0 Å². The molecule has 0 amide bonds. The summed E-state index contributed by atoms with van der Waals surface area (Å²) in [7, 11) is 0. The van der Waals surface area contributed by atoms with Gasteiger partial charge >= 0.3 is 5.97 Å². The molecule has 0 radical (unpaired) electrons. The molecule has 0 saturated carbocycles. The molecule has 0 aromatic heterocycles. The zero-order chi connectivity index (χ0) is 14.4. The molecule has 0 aliphatic rings. The van der Waals surface area contributed by atoms with Gasteiger partial charge in [-0.15, -0.1) is 0 Å². The lowest BCUT2D eigenvalue weighted by molar-refractivity contribution is 0.00481. The van der Waals surface area contributed by atoms with E-state index in [0.29, 0.717) is 6.61 Å². The second-order valence-corrected chi connectivity index (χ2v) is 4.08. The summed E-state index contributed by atoms with van der Waals surface area (Å²) in [6, 6.07) is 12.8. The van der Waals surface area contributed by atoms with Crippen LogP contribution in [-0.4, -0.2) is 17.9 Å². The first kappa shape index (κ1) is 14.0. The summed E-state index contributed by atoms with van der Waals surface area (Å²) in [6.45, 7) is 0.277. The van der Waals surface area contributed by atoms with E-state index in [-0.39, 0.29) is 18.1 Å². The highest BCUT2D eigenvalue weighted by molar-refractivity contribution is 5.88. The van der Waals surface area contributed by atoms with Crippen molar-refractivity contribution in [2.45, 2.75) is 6.61 Å². The summed E-state index contributed by atoms with van der Waals surface area (Å²) in [5.74, 6) is -1.75. The molecular weight excluding hydrogens is 263 g/mol. The number of carbonyl (C=O) groups is 1. The molecule has 0 saturated heterocycles. The fourth-order valence-corrected chi connectivity index (χ4v) is 1.61. The molecule has 2 aromatic carbocycles. The van der Waals surface area contributed by atoms with Crippen molar-refractivity contribution in [3.05, 3.63) is 65.5 Å². The molecule has 0 fully saturated rings. The summed E-state index contributed by atoms with van der Waals surface area (Å²) in [4.78, 5) is 10.8. The fraction of sp³-hybridized carbons (Fsp3) is 0.133. The number of aromatic carboxylic acids is 1. The topological polar surface area (TPSA) is 55.8 Å². The normalized spacial score (nSPS) is 10.2. The first-order chi connectivity index (χ1) is 9.65. The molecule has 0 aliphatic carbocycles. The van der Waals surface area contributed by atoms with E-state index >= 15 is 0 Å². The van der Waals surface area contributed by atoms with Crippen molar-refractivity contribution in [1.82, 2.24) is 0 Å². The van der Waals surface area contributed by atoms with E-state index in [9.17, 15) is 9.18 Å². The molecule has 0 heterocycles. The lowest BCUT2D eigenvalue weighted by atomic mass is 10.2. The number of rotatable bonds is 6. The maximum absolute atomic E-state index is 13.2. The lowest BCUT2D eigenvalue weighted by Gasteiger charge is -2.08. The Morgan fingerprint density at radius 3 is 2.60 bits per heavy atom. The molecule has 0 aliphatic heterocycles. The van der Waals surface area contributed by atoms with Crippen LogP contribution >= 0.6 is 0 Å². The first-order valence-electron chi connectivity index (χ1n) is 5.93. The van der Waals surface area contributed by atoms with Gasteiger partial charge in [0.1, 0.15) is 11.6 Å². The Balaban J connectivity index is 1.86. The fourth-order valence-electron chi connectivity index (χ4n) is 1.61. The highest BCUT2D eigenvalue weighted by atomic mass is 19.1. The molecule has 2 aromatic rings. The number of benzene rings is 2. The third kappa shape index (κ3) is 4.07. The smallest absolute Gasteiger partial charge is 0.335 e. The Labute approximate surface area is 115 Å². The largest absolute Gasteiger partial charge is 0.478 e. The molecule has 0 spiro atoms. The molecule has 2 rings (SSSR count). The molecule has 104 valence electrons. The number of ether oxygens (including phenoxy) is 2. The highest BCUT2D eigenvalue weighted by Gasteiger charge is 2.07. The van der Waals surface area contributed by atoms with Crippen LogP contribution in [0.1, 0.15) is 15.9 Å². The average molecular weight is 276 g/mol. The van der Waals surface area contributed by atoms with Crippen LogP contribution in [0, 0.1) is 5.82 Å². The quantitative estimate of drug-likeness (QED) is 0.650. The molecule has 1 N–H and O–H groups in total. The van der Waals surface area contributed by atoms with Gasteiger partial charge < -0.3 is 14.6 Å². The first-order valence-corrected chi connectivity index (χ1v) is 5.93. The van der Waals surface area contributed by atoms with Crippen molar-refractivity contribution in [1.29, 1.82) is 0 Å². The second kappa shape index (κ2) is 6.68. The molecule has 5 heteroatoms. The second-order valence-electron chi connectivity index (χ2n) is 4.08. The number of hydrogen-bond donors (Lipinski definition) is 1. The molecule has 0 bridgehead atoms. The summed E-state index contributed by atoms with van der Waals surface area (Å²) in [5.41, 5.74) is 0.824. The Morgan fingerprint density at radius 1 is 1.15 bits per heavy atom. The summed E-state index contributed by atoms with van der Waals surface area (Å²) in [5, 5.41) is 8.80. The summed E-state index contributed by atoms with van der Waals surface area (Å²) in [6.07, 6.45) is 0. The van der Waals surface area contributed by atoms with Gasteiger partial charge in [0.25, 0.3) is 0 Å². The van der Waals surface area contributed by atoms with Crippen molar-refractivity contribution in [3.8, 4) is 5.75 Å². The van der Waals surface area contributed by atoms with Crippen LogP contribution in [0.2, 0.25) is 0 Å². The standard InChI is InChI=1S/C15H13FO4/c16-13-6-12(15(17)18)7-14(8-13)20-10-19-9-11-4-2-1-3-5-11/h1-8H,9-10H2,(H,17,18). The SMILES string of the molecule is O=C(O)c1cc(F)cc(OCOCc2ccccc2)c1. The van der Waals surface area contributed by atoms with Gasteiger partial charge in [0.05, 0.1) is 12.2 Å². The highest BCUT2D eigenvalue weighted by Crippen LogP contribution is 2.16. The van der Waals surface area contributed by atoms with E-state index in [1.807, 2.05) is 30.3 Å².